The number of carboxylic acids is 1. The summed E-state index contributed by atoms with van der Waals surface area (Å²) in [4.78, 5) is 21.5. The van der Waals surface area contributed by atoms with Crippen LogP contribution in [0.1, 0.15) is 6.92 Å². The van der Waals surface area contributed by atoms with Gasteiger partial charge in [0.25, 0.3) is 0 Å². The Morgan fingerprint density at radius 1 is 1.44 bits per heavy atom. The van der Waals surface area contributed by atoms with Crippen molar-refractivity contribution in [3.05, 3.63) is 24.0 Å². The van der Waals surface area contributed by atoms with Gasteiger partial charge < -0.3 is 19.7 Å². The number of aliphatic hydroxyl groups is 1. The number of carbonyl (C=O) groups excluding carboxylic acids is 1. The van der Waals surface area contributed by atoms with Crippen molar-refractivity contribution < 1.29 is 29.3 Å². The van der Waals surface area contributed by atoms with E-state index in [1.54, 1.807) is 0 Å². The van der Waals surface area contributed by atoms with Gasteiger partial charge in [0.2, 0.25) is 5.76 Å². The average molecular weight is 230 g/mol. The van der Waals surface area contributed by atoms with E-state index in [0.29, 0.717) is 0 Å². The van der Waals surface area contributed by atoms with Crippen LogP contribution >= 0.6 is 0 Å². The third-order valence-electron chi connectivity index (χ3n) is 1.52. The fourth-order valence-corrected chi connectivity index (χ4v) is 0.651. The van der Waals surface area contributed by atoms with E-state index in [4.69, 9.17) is 14.9 Å². The molecule has 0 bridgehead atoms. The molecule has 0 aromatic carbocycles. The SMILES string of the molecule is C=C(OC(=O)C(C)=CCOCCO)C(=O)O. The van der Waals surface area contributed by atoms with Crippen molar-refractivity contribution in [2.24, 2.45) is 0 Å². The lowest BCUT2D eigenvalue weighted by molar-refractivity contribution is -0.145. The molecule has 0 rings (SSSR count). The summed E-state index contributed by atoms with van der Waals surface area (Å²) < 4.78 is 9.31. The Bertz CT molecular complexity index is 304. The van der Waals surface area contributed by atoms with E-state index in [0.717, 1.165) is 0 Å². The Kier molecular flexibility index (Phi) is 6.82. The molecule has 0 aromatic heterocycles. The number of hydrogen-bond donors (Lipinski definition) is 2. The maximum absolute atomic E-state index is 11.2. The van der Waals surface area contributed by atoms with Crippen LogP contribution in [0.4, 0.5) is 0 Å². The molecule has 0 amide bonds. The molecule has 0 saturated heterocycles. The predicted molar refractivity (Wildman–Crippen MR) is 54.5 cm³/mol. The molecular weight excluding hydrogens is 216 g/mol. The lowest BCUT2D eigenvalue weighted by Gasteiger charge is -2.03. The Balaban J connectivity index is 4.07. The summed E-state index contributed by atoms with van der Waals surface area (Å²) in [6.07, 6.45) is 1.42. The van der Waals surface area contributed by atoms with Gasteiger partial charge in [0, 0.05) is 5.57 Å². The van der Waals surface area contributed by atoms with Crippen LogP contribution in [0.15, 0.2) is 24.0 Å². The summed E-state index contributed by atoms with van der Waals surface area (Å²) in [7, 11) is 0. The van der Waals surface area contributed by atoms with Crippen LogP contribution in [0.5, 0.6) is 0 Å². The molecule has 0 aromatic rings. The Labute approximate surface area is 92.8 Å². The van der Waals surface area contributed by atoms with E-state index in [9.17, 15) is 9.59 Å². The summed E-state index contributed by atoms with van der Waals surface area (Å²) in [5.74, 6) is -2.81. The Morgan fingerprint density at radius 3 is 2.56 bits per heavy atom. The second-order valence-corrected chi connectivity index (χ2v) is 2.80. The summed E-state index contributed by atoms with van der Waals surface area (Å²) in [5, 5.41) is 16.8. The highest BCUT2D eigenvalue weighted by molar-refractivity contribution is 5.93. The van der Waals surface area contributed by atoms with E-state index in [-0.39, 0.29) is 25.4 Å². The zero-order valence-electron chi connectivity index (χ0n) is 8.93. The van der Waals surface area contributed by atoms with Crippen LogP contribution in [0.2, 0.25) is 0 Å². The number of aliphatic carboxylic acids is 1. The predicted octanol–water partition coefficient (Wildman–Crippen LogP) is 0.0831. The van der Waals surface area contributed by atoms with Gasteiger partial charge >= 0.3 is 11.9 Å². The number of carboxylic acid groups (broad SMARTS) is 1. The number of rotatable bonds is 7. The molecule has 0 heterocycles. The van der Waals surface area contributed by atoms with Gasteiger partial charge in [0.05, 0.1) is 19.8 Å². The Hall–Kier alpha value is -1.66. The quantitative estimate of drug-likeness (QED) is 0.278. The van der Waals surface area contributed by atoms with Crippen molar-refractivity contribution >= 4 is 11.9 Å². The smallest absolute Gasteiger partial charge is 0.371 e. The fraction of sp³-hybridized carbons (Fsp3) is 0.400. The largest absolute Gasteiger partial charge is 0.475 e. The molecule has 90 valence electrons. The normalized spacial score (nSPS) is 11.0. The molecule has 16 heavy (non-hydrogen) atoms. The minimum Gasteiger partial charge on any atom is -0.475 e. The van der Waals surface area contributed by atoms with Gasteiger partial charge in [-0.2, -0.15) is 0 Å². The van der Waals surface area contributed by atoms with Gasteiger partial charge in [-0.1, -0.05) is 0 Å². The summed E-state index contributed by atoms with van der Waals surface area (Å²) >= 11 is 0. The minimum absolute atomic E-state index is 0.104. The number of ether oxygens (including phenoxy) is 2. The van der Waals surface area contributed by atoms with E-state index in [1.807, 2.05) is 0 Å². The van der Waals surface area contributed by atoms with Crippen molar-refractivity contribution in [2.45, 2.75) is 6.92 Å². The number of aliphatic hydroxyl groups excluding tert-OH is 1. The van der Waals surface area contributed by atoms with E-state index < -0.39 is 17.7 Å². The van der Waals surface area contributed by atoms with Crippen LogP contribution < -0.4 is 0 Å². The highest BCUT2D eigenvalue weighted by Gasteiger charge is 2.12. The fourth-order valence-electron chi connectivity index (χ4n) is 0.651. The lowest BCUT2D eigenvalue weighted by atomic mass is 10.3. The Morgan fingerprint density at radius 2 is 2.06 bits per heavy atom. The van der Waals surface area contributed by atoms with Gasteiger partial charge in [-0.05, 0) is 19.6 Å². The van der Waals surface area contributed by atoms with E-state index in [1.165, 1.54) is 13.0 Å². The lowest BCUT2D eigenvalue weighted by Crippen LogP contribution is -2.11. The molecule has 6 heteroatoms. The third-order valence-corrected chi connectivity index (χ3v) is 1.52. The van der Waals surface area contributed by atoms with Crippen molar-refractivity contribution in [3.8, 4) is 0 Å². The van der Waals surface area contributed by atoms with Crippen LogP contribution in [-0.4, -0.2) is 42.0 Å². The topological polar surface area (TPSA) is 93.1 Å². The molecule has 0 saturated carbocycles. The molecule has 0 radical (unpaired) electrons. The molecule has 0 unspecified atom stereocenters. The van der Waals surface area contributed by atoms with Crippen LogP contribution in [0.3, 0.4) is 0 Å². The molecule has 2 N–H and O–H groups in total. The first kappa shape index (κ1) is 14.3. The average Bonchev–Trinajstić information content (AvgIpc) is 2.23. The van der Waals surface area contributed by atoms with E-state index in [2.05, 4.69) is 11.3 Å². The zero-order valence-corrected chi connectivity index (χ0v) is 8.93. The van der Waals surface area contributed by atoms with Crippen LogP contribution in [0, 0.1) is 0 Å². The molecule has 0 aliphatic rings. The first-order valence-corrected chi connectivity index (χ1v) is 4.48. The second-order valence-electron chi connectivity index (χ2n) is 2.80. The van der Waals surface area contributed by atoms with Crippen molar-refractivity contribution in [1.82, 2.24) is 0 Å². The summed E-state index contributed by atoms with van der Waals surface area (Å²) in [6, 6.07) is 0. The molecule has 6 nitrogen and oxygen atoms in total. The number of esters is 1. The number of hydrogen-bond acceptors (Lipinski definition) is 5. The first-order chi connectivity index (χ1) is 7.49. The number of carbonyl (C=O) groups is 2. The maximum Gasteiger partial charge on any atom is 0.371 e. The minimum atomic E-state index is -1.39. The molecule has 0 fully saturated rings. The monoisotopic (exact) mass is 230 g/mol. The van der Waals surface area contributed by atoms with E-state index >= 15 is 0 Å². The molecule has 0 aliphatic carbocycles. The van der Waals surface area contributed by atoms with Crippen LogP contribution in [0.25, 0.3) is 0 Å². The van der Waals surface area contributed by atoms with Gasteiger partial charge in [-0.25, -0.2) is 9.59 Å². The van der Waals surface area contributed by atoms with Crippen molar-refractivity contribution in [1.29, 1.82) is 0 Å². The molecule has 0 atom stereocenters. The molecular formula is C10H14O6. The van der Waals surface area contributed by atoms with Gasteiger partial charge in [0.1, 0.15) is 0 Å². The van der Waals surface area contributed by atoms with Crippen LogP contribution in [-0.2, 0) is 19.1 Å². The van der Waals surface area contributed by atoms with Crippen molar-refractivity contribution in [3.63, 3.8) is 0 Å². The third kappa shape index (κ3) is 5.94. The summed E-state index contributed by atoms with van der Waals surface area (Å²) in [5.41, 5.74) is 0.209. The molecule has 0 aliphatic heterocycles. The highest BCUT2D eigenvalue weighted by Crippen LogP contribution is 2.02. The first-order valence-electron chi connectivity index (χ1n) is 4.48. The second kappa shape index (κ2) is 7.61. The van der Waals surface area contributed by atoms with Gasteiger partial charge in [0.15, 0.2) is 0 Å². The van der Waals surface area contributed by atoms with Gasteiger partial charge in [-0.15, -0.1) is 0 Å². The molecule has 0 spiro atoms. The van der Waals surface area contributed by atoms with Crippen molar-refractivity contribution in [2.75, 3.05) is 19.8 Å². The standard InChI is InChI=1S/C10H14O6/c1-7(3-5-15-6-4-11)10(14)16-8(2)9(12)13/h3,11H,2,4-6H2,1H3,(H,12,13). The van der Waals surface area contributed by atoms with Gasteiger partial charge in [-0.3, -0.25) is 0 Å². The zero-order chi connectivity index (χ0) is 12.6. The highest BCUT2D eigenvalue weighted by atomic mass is 16.6. The summed E-state index contributed by atoms with van der Waals surface area (Å²) in [6.45, 7) is 4.71. The maximum atomic E-state index is 11.2.